The smallest absolute Gasteiger partial charge is 0.191 e. The largest absolute Gasteiger partial charge is 0.465 e. The molecule has 0 bridgehead atoms. The molecule has 0 radical (unpaired) electrons. The zero-order chi connectivity index (χ0) is 19.1. The van der Waals surface area contributed by atoms with Gasteiger partial charge in [-0.25, -0.2) is 0 Å². The first-order chi connectivity index (χ1) is 13.2. The van der Waals surface area contributed by atoms with Gasteiger partial charge in [-0.05, 0) is 70.8 Å². The predicted octanol–water partition coefficient (Wildman–Crippen LogP) is 2.76. The molecule has 0 aromatic carbocycles. The van der Waals surface area contributed by atoms with Gasteiger partial charge in [-0.1, -0.05) is 6.92 Å². The molecular formula is C21H37N5O. The average Bonchev–Trinajstić information content (AvgIpc) is 3.35. The van der Waals surface area contributed by atoms with Gasteiger partial charge in [-0.3, -0.25) is 9.89 Å². The van der Waals surface area contributed by atoms with Crippen molar-refractivity contribution in [2.24, 2.45) is 4.99 Å². The summed E-state index contributed by atoms with van der Waals surface area (Å²) in [4.78, 5) is 9.56. The third-order valence-corrected chi connectivity index (χ3v) is 5.83. The van der Waals surface area contributed by atoms with Gasteiger partial charge < -0.3 is 20.0 Å². The van der Waals surface area contributed by atoms with E-state index in [1.807, 2.05) is 14.0 Å². The molecule has 27 heavy (non-hydrogen) atoms. The molecule has 0 aliphatic carbocycles. The van der Waals surface area contributed by atoms with Crippen LogP contribution in [0.3, 0.4) is 0 Å². The monoisotopic (exact) mass is 375 g/mol. The molecule has 6 heteroatoms. The molecule has 6 nitrogen and oxygen atoms in total. The van der Waals surface area contributed by atoms with Crippen LogP contribution in [0.1, 0.15) is 56.6 Å². The highest BCUT2D eigenvalue weighted by molar-refractivity contribution is 5.80. The van der Waals surface area contributed by atoms with Gasteiger partial charge in [-0.15, -0.1) is 0 Å². The van der Waals surface area contributed by atoms with Crippen molar-refractivity contribution in [1.82, 2.24) is 20.4 Å². The van der Waals surface area contributed by atoms with Crippen molar-refractivity contribution >= 4 is 5.96 Å². The van der Waals surface area contributed by atoms with Crippen molar-refractivity contribution < 1.29 is 4.42 Å². The maximum absolute atomic E-state index is 5.96. The molecule has 0 amide bonds. The lowest BCUT2D eigenvalue weighted by molar-refractivity contribution is 0.204. The van der Waals surface area contributed by atoms with E-state index >= 15 is 0 Å². The number of nitrogens with one attached hydrogen (secondary N) is 2. The number of nitrogens with zero attached hydrogens (tertiary/aromatic N) is 3. The maximum atomic E-state index is 5.96. The molecule has 1 unspecified atom stereocenters. The zero-order valence-electron chi connectivity index (χ0n) is 17.3. The highest BCUT2D eigenvalue weighted by atomic mass is 16.3. The van der Waals surface area contributed by atoms with E-state index in [1.54, 1.807) is 0 Å². The number of likely N-dealkylation sites (tertiary alicyclic amines) is 2. The number of rotatable bonds is 7. The minimum atomic E-state index is 0.270. The lowest BCUT2D eigenvalue weighted by Gasteiger charge is -2.33. The summed E-state index contributed by atoms with van der Waals surface area (Å²) in [5, 5.41) is 7.20. The van der Waals surface area contributed by atoms with Crippen LogP contribution in [-0.4, -0.2) is 68.1 Å². The fourth-order valence-electron chi connectivity index (χ4n) is 4.29. The number of hydrogen-bond donors (Lipinski definition) is 2. The number of aliphatic imine (C=N–C) groups is 1. The Labute approximate surface area is 164 Å². The molecule has 2 aliphatic heterocycles. The minimum Gasteiger partial charge on any atom is -0.465 e. The van der Waals surface area contributed by atoms with E-state index in [0.717, 1.165) is 37.1 Å². The van der Waals surface area contributed by atoms with E-state index in [4.69, 9.17) is 4.42 Å². The second-order valence-corrected chi connectivity index (χ2v) is 7.92. The van der Waals surface area contributed by atoms with Crippen LogP contribution in [0.15, 0.2) is 21.5 Å². The molecule has 152 valence electrons. The molecule has 2 saturated heterocycles. The van der Waals surface area contributed by atoms with Crippen molar-refractivity contribution in [1.29, 1.82) is 0 Å². The summed E-state index contributed by atoms with van der Waals surface area (Å²) in [6.45, 7) is 11.0. The normalized spacial score (nSPS) is 21.5. The summed E-state index contributed by atoms with van der Waals surface area (Å²) >= 11 is 0. The van der Waals surface area contributed by atoms with Gasteiger partial charge in [0.1, 0.15) is 11.5 Å². The number of furan rings is 1. The van der Waals surface area contributed by atoms with Gasteiger partial charge in [0.05, 0.1) is 6.04 Å². The summed E-state index contributed by atoms with van der Waals surface area (Å²) in [6.07, 6.45) is 6.17. The van der Waals surface area contributed by atoms with E-state index < -0.39 is 0 Å². The second kappa shape index (κ2) is 10.1. The van der Waals surface area contributed by atoms with Crippen LogP contribution < -0.4 is 10.6 Å². The molecule has 3 heterocycles. The summed E-state index contributed by atoms with van der Waals surface area (Å²) in [5.74, 6) is 2.96. The molecule has 0 spiro atoms. The summed E-state index contributed by atoms with van der Waals surface area (Å²) in [7, 11) is 1.86. The first-order valence-electron chi connectivity index (χ1n) is 10.7. The van der Waals surface area contributed by atoms with Crippen LogP contribution in [0, 0.1) is 6.92 Å². The van der Waals surface area contributed by atoms with E-state index in [2.05, 4.69) is 44.5 Å². The van der Waals surface area contributed by atoms with Gasteiger partial charge in [0.2, 0.25) is 0 Å². The first-order valence-corrected chi connectivity index (χ1v) is 10.7. The van der Waals surface area contributed by atoms with Gasteiger partial charge in [0, 0.05) is 32.7 Å². The number of guanidine groups is 1. The SMILES string of the molecule is CCCN1CCC(NC(=NC)NCC(c2ccc(C)o2)N2CCCC2)CC1. The Morgan fingerprint density at radius 3 is 2.56 bits per heavy atom. The quantitative estimate of drug-likeness (QED) is 0.567. The van der Waals surface area contributed by atoms with E-state index in [-0.39, 0.29) is 6.04 Å². The second-order valence-electron chi connectivity index (χ2n) is 7.92. The fourth-order valence-corrected chi connectivity index (χ4v) is 4.29. The third kappa shape index (κ3) is 5.72. The molecule has 1 aromatic heterocycles. The zero-order valence-corrected chi connectivity index (χ0v) is 17.3. The third-order valence-electron chi connectivity index (χ3n) is 5.83. The van der Waals surface area contributed by atoms with Gasteiger partial charge >= 0.3 is 0 Å². The van der Waals surface area contributed by atoms with E-state index in [0.29, 0.717) is 6.04 Å². The maximum Gasteiger partial charge on any atom is 0.191 e. The Bertz CT molecular complexity index is 585. The Kier molecular flexibility index (Phi) is 7.59. The Morgan fingerprint density at radius 1 is 1.22 bits per heavy atom. The first kappa shape index (κ1) is 20.2. The van der Waals surface area contributed by atoms with Gasteiger partial charge in [-0.2, -0.15) is 0 Å². The van der Waals surface area contributed by atoms with Crippen LogP contribution >= 0.6 is 0 Å². The number of aryl methyl sites for hydroxylation is 1. The Morgan fingerprint density at radius 2 is 1.96 bits per heavy atom. The molecule has 1 aromatic rings. The van der Waals surface area contributed by atoms with Crippen molar-refractivity contribution in [2.45, 2.75) is 58.0 Å². The minimum absolute atomic E-state index is 0.270. The van der Waals surface area contributed by atoms with Crippen LogP contribution in [0.5, 0.6) is 0 Å². The van der Waals surface area contributed by atoms with Gasteiger partial charge in [0.25, 0.3) is 0 Å². The van der Waals surface area contributed by atoms with Crippen LogP contribution in [0.4, 0.5) is 0 Å². The molecule has 1 atom stereocenters. The fraction of sp³-hybridized carbons (Fsp3) is 0.762. The van der Waals surface area contributed by atoms with Crippen LogP contribution in [-0.2, 0) is 0 Å². The van der Waals surface area contributed by atoms with Crippen molar-refractivity contribution in [2.75, 3.05) is 46.3 Å². The molecule has 3 rings (SSSR count). The van der Waals surface area contributed by atoms with Crippen molar-refractivity contribution in [3.8, 4) is 0 Å². The number of piperidine rings is 1. The molecular weight excluding hydrogens is 338 g/mol. The van der Waals surface area contributed by atoms with Crippen molar-refractivity contribution in [3.05, 3.63) is 23.7 Å². The molecule has 0 saturated carbocycles. The van der Waals surface area contributed by atoms with Crippen LogP contribution in [0.2, 0.25) is 0 Å². The van der Waals surface area contributed by atoms with E-state index in [1.165, 1.54) is 51.7 Å². The topological polar surface area (TPSA) is 56.0 Å². The average molecular weight is 376 g/mol. The highest BCUT2D eigenvalue weighted by Crippen LogP contribution is 2.26. The van der Waals surface area contributed by atoms with Crippen LogP contribution in [0.25, 0.3) is 0 Å². The van der Waals surface area contributed by atoms with Gasteiger partial charge in [0.15, 0.2) is 5.96 Å². The lowest BCUT2D eigenvalue weighted by Crippen LogP contribution is -2.50. The molecule has 2 fully saturated rings. The summed E-state index contributed by atoms with van der Waals surface area (Å²) in [5.41, 5.74) is 0. The standard InChI is InChI=1S/C21H37N5O/c1-4-11-25-14-9-18(10-15-25)24-21(22-3)23-16-19(26-12-5-6-13-26)20-8-7-17(2)27-20/h7-8,18-19H,4-6,9-16H2,1-3H3,(H2,22,23,24). The summed E-state index contributed by atoms with van der Waals surface area (Å²) in [6, 6.07) is 4.97. The highest BCUT2D eigenvalue weighted by Gasteiger charge is 2.26. The molecule has 2 aliphatic rings. The van der Waals surface area contributed by atoms with E-state index in [9.17, 15) is 0 Å². The van der Waals surface area contributed by atoms with Crippen molar-refractivity contribution in [3.63, 3.8) is 0 Å². The Balaban J connectivity index is 1.52. The Hall–Kier alpha value is -1.53. The lowest BCUT2D eigenvalue weighted by atomic mass is 10.1. The predicted molar refractivity (Wildman–Crippen MR) is 111 cm³/mol. The summed E-state index contributed by atoms with van der Waals surface area (Å²) < 4.78 is 5.96. The number of hydrogen-bond acceptors (Lipinski definition) is 4. The molecule has 2 N–H and O–H groups in total.